The van der Waals surface area contributed by atoms with Gasteiger partial charge < -0.3 is 10.1 Å². The Bertz CT molecular complexity index is 465. The molecule has 2 heterocycles. The van der Waals surface area contributed by atoms with Gasteiger partial charge in [-0.05, 0) is 31.9 Å². The monoisotopic (exact) mass is 289 g/mol. The van der Waals surface area contributed by atoms with Crippen LogP contribution in [0.25, 0.3) is 0 Å². The summed E-state index contributed by atoms with van der Waals surface area (Å²) in [5.74, 6) is 0.486. The van der Waals surface area contributed by atoms with Crippen LogP contribution < -0.4 is 5.32 Å². The summed E-state index contributed by atoms with van der Waals surface area (Å²) in [5, 5.41) is 3.43. The third-order valence-electron chi connectivity index (χ3n) is 3.60. The number of piperidine rings is 1. The molecule has 2 rings (SSSR count). The Hall–Kier alpha value is -1.88. The first kappa shape index (κ1) is 15.5. The van der Waals surface area contributed by atoms with Gasteiger partial charge in [-0.1, -0.05) is 6.08 Å². The van der Waals surface area contributed by atoms with Crippen molar-refractivity contribution in [3.63, 3.8) is 0 Å². The van der Waals surface area contributed by atoms with Crippen molar-refractivity contribution in [1.29, 1.82) is 0 Å². The summed E-state index contributed by atoms with van der Waals surface area (Å²) in [5.41, 5.74) is 0.489. The number of nitrogens with one attached hydrogen (secondary N) is 1. The molecule has 0 atom stereocenters. The minimum absolute atomic E-state index is 0.325. The molecule has 1 aliphatic rings. The lowest BCUT2D eigenvalue weighted by molar-refractivity contribution is 0.0526. The number of carbonyl (C=O) groups is 1. The Morgan fingerprint density at radius 1 is 1.52 bits per heavy atom. The molecule has 0 saturated carbocycles. The van der Waals surface area contributed by atoms with Crippen molar-refractivity contribution >= 4 is 11.8 Å². The van der Waals surface area contributed by atoms with E-state index in [-0.39, 0.29) is 5.97 Å². The zero-order valence-electron chi connectivity index (χ0n) is 12.5. The summed E-state index contributed by atoms with van der Waals surface area (Å²) < 4.78 is 4.94. The highest BCUT2D eigenvalue weighted by Gasteiger charge is 2.18. The molecular weight excluding hydrogens is 266 g/mol. The Balaban J connectivity index is 1.84. The van der Waals surface area contributed by atoms with Crippen LogP contribution in [0.3, 0.4) is 0 Å². The number of anilines is 1. The van der Waals surface area contributed by atoms with Crippen LogP contribution in [0.15, 0.2) is 31.0 Å². The predicted octanol–water partition coefficient (Wildman–Crippen LogP) is 2.32. The van der Waals surface area contributed by atoms with E-state index in [9.17, 15) is 4.79 Å². The largest absolute Gasteiger partial charge is 0.462 e. The van der Waals surface area contributed by atoms with Gasteiger partial charge in [0.1, 0.15) is 5.82 Å². The number of ether oxygens (including phenoxy) is 1. The van der Waals surface area contributed by atoms with Gasteiger partial charge in [0.15, 0.2) is 0 Å². The Morgan fingerprint density at radius 3 is 2.86 bits per heavy atom. The van der Waals surface area contributed by atoms with E-state index in [4.69, 9.17) is 4.74 Å². The van der Waals surface area contributed by atoms with E-state index in [2.05, 4.69) is 21.8 Å². The van der Waals surface area contributed by atoms with Crippen LogP contribution >= 0.6 is 0 Å². The molecule has 0 spiro atoms. The molecule has 5 heteroatoms. The lowest BCUT2D eigenvalue weighted by Crippen LogP contribution is -2.39. The lowest BCUT2D eigenvalue weighted by Gasteiger charge is -2.31. The van der Waals surface area contributed by atoms with Crippen LogP contribution in [0, 0.1) is 0 Å². The minimum Gasteiger partial charge on any atom is -0.462 e. The SMILES string of the molecule is C=CCN1CCC(Nc2ccc(C(=O)OCC)cn2)CC1. The molecule has 1 aromatic rings. The van der Waals surface area contributed by atoms with Crippen LogP contribution in [0.2, 0.25) is 0 Å². The maximum atomic E-state index is 11.5. The molecule has 0 bridgehead atoms. The number of aromatic nitrogens is 1. The van der Waals surface area contributed by atoms with E-state index in [1.807, 2.05) is 12.1 Å². The molecule has 114 valence electrons. The predicted molar refractivity (Wildman–Crippen MR) is 83.5 cm³/mol. The Kier molecular flexibility index (Phi) is 5.75. The van der Waals surface area contributed by atoms with Crippen LogP contribution in [0.5, 0.6) is 0 Å². The topological polar surface area (TPSA) is 54.5 Å². The second-order valence-electron chi connectivity index (χ2n) is 5.16. The van der Waals surface area contributed by atoms with Gasteiger partial charge in [0.25, 0.3) is 0 Å². The smallest absolute Gasteiger partial charge is 0.339 e. The summed E-state index contributed by atoms with van der Waals surface area (Å²) >= 11 is 0. The molecular formula is C16H23N3O2. The zero-order chi connectivity index (χ0) is 15.1. The van der Waals surface area contributed by atoms with Gasteiger partial charge in [0, 0.05) is 31.9 Å². The minimum atomic E-state index is -0.325. The van der Waals surface area contributed by atoms with Crippen molar-refractivity contribution < 1.29 is 9.53 Å². The number of esters is 1. The maximum Gasteiger partial charge on any atom is 0.339 e. The second-order valence-corrected chi connectivity index (χ2v) is 5.16. The third kappa shape index (κ3) is 4.56. The van der Waals surface area contributed by atoms with E-state index in [0.29, 0.717) is 18.2 Å². The molecule has 0 radical (unpaired) electrons. The second kappa shape index (κ2) is 7.78. The molecule has 0 aliphatic carbocycles. The first-order chi connectivity index (χ1) is 10.2. The summed E-state index contributed by atoms with van der Waals surface area (Å²) in [6, 6.07) is 4.02. The van der Waals surface area contributed by atoms with E-state index in [1.165, 1.54) is 0 Å². The van der Waals surface area contributed by atoms with E-state index >= 15 is 0 Å². The van der Waals surface area contributed by atoms with Gasteiger partial charge in [-0.15, -0.1) is 6.58 Å². The fourth-order valence-electron chi connectivity index (χ4n) is 2.47. The van der Waals surface area contributed by atoms with Crippen molar-refractivity contribution in [3.05, 3.63) is 36.5 Å². The normalized spacial score (nSPS) is 16.4. The molecule has 0 aromatic carbocycles. The summed E-state index contributed by atoms with van der Waals surface area (Å²) in [6.07, 6.45) is 5.70. The number of likely N-dealkylation sites (tertiary alicyclic amines) is 1. The average molecular weight is 289 g/mol. The molecule has 5 nitrogen and oxygen atoms in total. The van der Waals surface area contributed by atoms with Crippen LogP contribution in [-0.4, -0.2) is 48.1 Å². The quantitative estimate of drug-likeness (QED) is 0.643. The lowest BCUT2D eigenvalue weighted by atomic mass is 10.1. The van der Waals surface area contributed by atoms with Gasteiger partial charge in [-0.2, -0.15) is 0 Å². The van der Waals surface area contributed by atoms with E-state index in [1.54, 1.807) is 19.2 Å². The number of carbonyl (C=O) groups excluding carboxylic acids is 1. The maximum absolute atomic E-state index is 11.5. The number of hydrogen-bond acceptors (Lipinski definition) is 5. The van der Waals surface area contributed by atoms with Gasteiger partial charge in [-0.25, -0.2) is 9.78 Å². The van der Waals surface area contributed by atoms with Crippen molar-refractivity contribution in [1.82, 2.24) is 9.88 Å². The van der Waals surface area contributed by atoms with E-state index in [0.717, 1.165) is 38.3 Å². The number of rotatable bonds is 6. The molecule has 0 amide bonds. The van der Waals surface area contributed by atoms with Gasteiger partial charge >= 0.3 is 5.97 Å². The van der Waals surface area contributed by atoms with Crippen LogP contribution in [0.1, 0.15) is 30.1 Å². The number of pyridine rings is 1. The van der Waals surface area contributed by atoms with Crippen molar-refractivity contribution in [2.75, 3.05) is 31.6 Å². The molecule has 1 aliphatic heterocycles. The Labute approximate surface area is 126 Å². The fourth-order valence-corrected chi connectivity index (χ4v) is 2.47. The molecule has 1 fully saturated rings. The molecule has 21 heavy (non-hydrogen) atoms. The number of hydrogen-bond donors (Lipinski definition) is 1. The van der Waals surface area contributed by atoms with Crippen LogP contribution in [0.4, 0.5) is 5.82 Å². The highest BCUT2D eigenvalue weighted by Crippen LogP contribution is 2.15. The third-order valence-corrected chi connectivity index (χ3v) is 3.60. The average Bonchev–Trinajstić information content (AvgIpc) is 2.50. The molecule has 1 N–H and O–H groups in total. The van der Waals surface area contributed by atoms with Crippen molar-refractivity contribution in [3.8, 4) is 0 Å². The number of nitrogens with zero attached hydrogens (tertiary/aromatic N) is 2. The molecule has 0 unspecified atom stereocenters. The van der Waals surface area contributed by atoms with Crippen LogP contribution in [-0.2, 0) is 4.74 Å². The van der Waals surface area contributed by atoms with Crippen molar-refractivity contribution in [2.24, 2.45) is 0 Å². The molecule has 1 saturated heterocycles. The fraction of sp³-hybridized carbons (Fsp3) is 0.500. The first-order valence-corrected chi connectivity index (χ1v) is 7.46. The van der Waals surface area contributed by atoms with E-state index < -0.39 is 0 Å². The van der Waals surface area contributed by atoms with Gasteiger partial charge in [0.2, 0.25) is 0 Å². The summed E-state index contributed by atoms with van der Waals surface area (Å²) in [6.45, 7) is 9.05. The van der Waals surface area contributed by atoms with Gasteiger partial charge in [-0.3, -0.25) is 4.90 Å². The standard InChI is InChI=1S/C16H23N3O2/c1-3-9-19-10-7-14(8-11-19)18-15-6-5-13(12-17-15)16(20)21-4-2/h3,5-6,12,14H,1,4,7-11H2,2H3,(H,17,18). The molecule has 1 aromatic heterocycles. The highest BCUT2D eigenvalue weighted by atomic mass is 16.5. The summed E-state index contributed by atoms with van der Waals surface area (Å²) in [4.78, 5) is 18.2. The van der Waals surface area contributed by atoms with Crippen molar-refractivity contribution in [2.45, 2.75) is 25.8 Å². The highest BCUT2D eigenvalue weighted by molar-refractivity contribution is 5.89. The van der Waals surface area contributed by atoms with Gasteiger partial charge in [0.05, 0.1) is 12.2 Å². The zero-order valence-corrected chi connectivity index (χ0v) is 12.5. The Morgan fingerprint density at radius 2 is 2.29 bits per heavy atom. The summed E-state index contributed by atoms with van der Waals surface area (Å²) in [7, 11) is 0. The first-order valence-electron chi connectivity index (χ1n) is 7.46.